The zero-order valence-corrected chi connectivity index (χ0v) is 15.6. The summed E-state index contributed by atoms with van der Waals surface area (Å²) >= 11 is 1.37. The first kappa shape index (κ1) is 16.4. The van der Waals surface area contributed by atoms with Crippen LogP contribution in [-0.2, 0) is 5.41 Å². The smallest absolute Gasteiger partial charge is 0.330 e. The summed E-state index contributed by atoms with van der Waals surface area (Å²) in [4.78, 5) is 16.6. The molecule has 0 aliphatic heterocycles. The highest BCUT2D eigenvalue weighted by molar-refractivity contribution is 7.23. The number of aromatic nitrogens is 3. The first-order valence-corrected chi connectivity index (χ1v) is 9.06. The summed E-state index contributed by atoms with van der Waals surface area (Å²) in [5.74, 6) is 0.726. The Morgan fingerprint density at radius 3 is 2.42 bits per heavy atom. The van der Waals surface area contributed by atoms with Crippen LogP contribution in [0.5, 0.6) is 0 Å². The van der Waals surface area contributed by atoms with Crippen LogP contribution in [0.1, 0.15) is 26.3 Å². The van der Waals surface area contributed by atoms with Gasteiger partial charge in [-0.2, -0.15) is 0 Å². The molecule has 4 rings (SSSR count). The molecule has 0 radical (unpaired) electrons. The second-order valence-electron chi connectivity index (χ2n) is 7.09. The molecule has 2 aromatic carbocycles. The highest BCUT2D eigenvalue weighted by atomic mass is 32.1. The lowest BCUT2D eigenvalue weighted by Gasteiger charge is -2.19. The van der Waals surface area contributed by atoms with Gasteiger partial charge in [-0.05, 0) is 35.2 Å². The van der Waals surface area contributed by atoms with E-state index in [-0.39, 0.29) is 5.41 Å². The molecule has 0 aliphatic rings. The Bertz CT molecular complexity index is 1150. The van der Waals surface area contributed by atoms with Gasteiger partial charge in [-0.3, -0.25) is 0 Å². The molecule has 0 saturated carbocycles. The summed E-state index contributed by atoms with van der Waals surface area (Å²) in [6.45, 7) is 13.8. The van der Waals surface area contributed by atoms with Crippen molar-refractivity contribution in [3.8, 4) is 0 Å². The summed E-state index contributed by atoms with van der Waals surface area (Å²) < 4.78 is 0.933. The minimum absolute atomic E-state index is 0.116. The molecule has 0 aliphatic carbocycles. The van der Waals surface area contributed by atoms with Gasteiger partial charge in [-0.1, -0.05) is 39.5 Å². The lowest BCUT2D eigenvalue weighted by molar-refractivity contribution is 0.590. The molecule has 128 valence electrons. The van der Waals surface area contributed by atoms with Crippen LogP contribution in [0.2, 0.25) is 0 Å². The van der Waals surface area contributed by atoms with Gasteiger partial charge in [-0.25, -0.2) is 9.97 Å². The topological polar surface area (TPSA) is 55.1 Å². The van der Waals surface area contributed by atoms with Crippen molar-refractivity contribution >= 4 is 49.1 Å². The number of hydrogen-bond donors (Lipinski definition) is 1. The fourth-order valence-corrected chi connectivity index (χ4v) is 3.75. The van der Waals surface area contributed by atoms with Crippen LogP contribution in [0.25, 0.3) is 26.0 Å². The van der Waals surface area contributed by atoms with Crippen molar-refractivity contribution in [2.24, 2.45) is 0 Å². The molecule has 5 nitrogen and oxygen atoms in total. The highest BCUT2D eigenvalue weighted by Gasteiger charge is 2.16. The first-order chi connectivity index (χ1) is 12.5. The third kappa shape index (κ3) is 2.87. The summed E-state index contributed by atoms with van der Waals surface area (Å²) in [6, 6.07) is 12.2. The molecule has 0 saturated heterocycles. The van der Waals surface area contributed by atoms with E-state index in [2.05, 4.69) is 70.2 Å². The van der Waals surface area contributed by atoms with E-state index in [1.54, 1.807) is 6.33 Å². The lowest BCUT2D eigenvalue weighted by Crippen LogP contribution is -2.10. The van der Waals surface area contributed by atoms with Gasteiger partial charge in [0.2, 0.25) is 0 Å². The highest BCUT2D eigenvalue weighted by Crippen LogP contribution is 2.37. The maximum atomic E-state index is 7.21. The van der Waals surface area contributed by atoms with Gasteiger partial charge >= 0.3 is 5.13 Å². The molecular weight excluding hydrogens is 342 g/mol. The molecule has 1 N–H and O–H groups in total. The van der Waals surface area contributed by atoms with Crippen LogP contribution < -0.4 is 5.32 Å². The number of anilines is 2. The summed E-state index contributed by atoms with van der Waals surface area (Å²) in [5.41, 5.74) is 3.99. The molecule has 0 atom stereocenters. The quantitative estimate of drug-likeness (QED) is 0.457. The maximum Gasteiger partial charge on any atom is 0.330 e. The van der Waals surface area contributed by atoms with Crippen LogP contribution in [0.15, 0.2) is 42.7 Å². The van der Waals surface area contributed by atoms with E-state index in [0.717, 1.165) is 32.6 Å². The van der Waals surface area contributed by atoms with Crippen LogP contribution in [0, 0.1) is 6.57 Å². The van der Waals surface area contributed by atoms with E-state index in [9.17, 15) is 0 Å². The Morgan fingerprint density at radius 2 is 1.73 bits per heavy atom. The number of benzene rings is 2. The molecule has 0 fully saturated rings. The lowest BCUT2D eigenvalue weighted by atomic mass is 9.87. The van der Waals surface area contributed by atoms with Crippen LogP contribution in [0.3, 0.4) is 0 Å². The van der Waals surface area contributed by atoms with Crippen molar-refractivity contribution in [2.75, 3.05) is 5.32 Å². The van der Waals surface area contributed by atoms with Crippen LogP contribution >= 0.6 is 11.3 Å². The second kappa shape index (κ2) is 6.04. The van der Waals surface area contributed by atoms with Crippen LogP contribution in [0.4, 0.5) is 16.6 Å². The molecule has 0 amide bonds. The molecule has 2 aromatic heterocycles. The van der Waals surface area contributed by atoms with E-state index in [1.807, 2.05) is 12.1 Å². The van der Waals surface area contributed by atoms with Gasteiger partial charge in [-0.15, -0.1) is 16.3 Å². The van der Waals surface area contributed by atoms with Crippen LogP contribution in [-0.4, -0.2) is 15.0 Å². The third-order valence-electron chi connectivity index (χ3n) is 4.25. The Hall–Kier alpha value is -3.04. The third-order valence-corrected chi connectivity index (χ3v) is 5.24. The van der Waals surface area contributed by atoms with Crippen molar-refractivity contribution in [3.05, 3.63) is 59.7 Å². The molecule has 2 heterocycles. The molecule has 0 unspecified atom stereocenters. The number of rotatable bonds is 2. The van der Waals surface area contributed by atoms with E-state index in [1.165, 1.54) is 16.9 Å². The Morgan fingerprint density at radius 1 is 1.00 bits per heavy atom. The van der Waals surface area contributed by atoms with Gasteiger partial charge < -0.3 is 10.2 Å². The average molecular weight is 359 g/mol. The SMILES string of the molecule is [C-]#[N+]c1nc2ccc3ncnc(Nc4ccc(C(C)(C)C)cc4)c3c2s1. The Balaban J connectivity index is 1.81. The average Bonchev–Trinajstić information content (AvgIpc) is 3.05. The largest absolute Gasteiger partial charge is 0.351 e. The Kier molecular flexibility index (Phi) is 3.82. The number of nitrogens with zero attached hydrogens (tertiary/aromatic N) is 4. The monoisotopic (exact) mass is 359 g/mol. The van der Waals surface area contributed by atoms with Crippen molar-refractivity contribution < 1.29 is 0 Å². The van der Waals surface area contributed by atoms with Crippen molar-refractivity contribution in [1.82, 2.24) is 15.0 Å². The van der Waals surface area contributed by atoms with Gasteiger partial charge in [0.15, 0.2) is 5.52 Å². The molecule has 4 aromatic rings. The number of thiazole rings is 1. The van der Waals surface area contributed by atoms with Gasteiger partial charge in [0.25, 0.3) is 0 Å². The van der Waals surface area contributed by atoms with Crippen molar-refractivity contribution in [2.45, 2.75) is 26.2 Å². The molecular formula is C20H17N5S. The van der Waals surface area contributed by atoms with E-state index in [0.29, 0.717) is 5.13 Å². The zero-order valence-electron chi connectivity index (χ0n) is 14.7. The predicted octanol–water partition coefficient (Wildman–Crippen LogP) is 5.83. The van der Waals surface area contributed by atoms with Gasteiger partial charge in [0, 0.05) is 5.69 Å². The zero-order chi connectivity index (χ0) is 18.3. The molecule has 6 heteroatoms. The van der Waals surface area contributed by atoms with Crippen molar-refractivity contribution in [1.29, 1.82) is 0 Å². The fourth-order valence-electron chi connectivity index (χ4n) is 2.85. The summed E-state index contributed by atoms with van der Waals surface area (Å²) in [7, 11) is 0. The molecule has 0 spiro atoms. The van der Waals surface area contributed by atoms with Gasteiger partial charge in [0.1, 0.15) is 12.1 Å². The molecule has 26 heavy (non-hydrogen) atoms. The predicted molar refractivity (Wildman–Crippen MR) is 107 cm³/mol. The Labute approximate surface area is 155 Å². The second-order valence-corrected chi connectivity index (χ2v) is 8.07. The summed E-state index contributed by atoms with van der Waals surface area (Å²) in [5, 5.41) is 4.72. The normalized spacial score (nSPS) is 11.6. The number of nitrogens with one attached hydrogen (secondary N) is 1. The minimum Gasteiger partial charge on any atom is -0.351 e. The molecule has 0 bridgehead atoms. The number of fused-ring (bicyclic) bond motifs is 3. The first-order valence-electron chi connectivity index (χ1n) is 8.25. The van der Waals surface area contributed by atoms with E-state index in [4.69, 9.17) is 6.57 Å². The van der Waals surface area contributed by atoms with E-state index >= 15 is 0 Å². The maximum absolute atomic E-state index is 7.21. The van der Waals surface area contributed by atoms with Gasteiger partial charge in [0.05, 0.1) is 15.6 Å². The summed E-state index contributed by atoms with van der Waals surface area (Å²) in [6.07, 6.45) is 1.55. The fraction of sp³-hybridized carbons (Fsp3) is 0.200. The van der Waals surface area contributed by atoms with E-state index < -0.39 is 0 Å². The van der Waals surface area contributed by atoms with Crippen molar-refractivity contribution in [3.63, 3.8) is 0 Å². The minimum atomic E-state index is 0.116. The number of hydrogen-bond acceptors (Lipinski definition) is 5. The standard InChI is InChI=1S/C20H17N5S/c1-20(2,3)12-5-7-13(8-6-12)24-18-16-14(22-11-23-18)9-10-15-17(16)26-19(21-4)25-15/h5-11H,1-3H3,(H,22,23,24).